The molecule has 1 heterocycles. The van der Waals surface area contributed by atoms with Crippen molar-refractivity contribution < 1.29 is 5.11 Å². The van der Waals surface area contributed by atoms with Crippen LogP contribution in [0.25, 0.3) is 0 Å². The Morgan fingerprint density at radius 3 is 2.50 bits per heavy atom. The van der Waals surface area contributed by atoms with Gasteiger partial charge in [0.05, 0.1) is 0 Å². The van der Waals surface area contributed by atoms with E-state index in [-0.39, 0.29) is 0 Å². The van der Waals surface area contributed by atoms with Gasteiger partial charge in [-0.15, -0.1) is 11.8 Å². The van der Waals surface area contributed by atoms with Gasteiger partial charge in [0.25, 0.3) is 0 Å². The van der Waals surface area contributed by atoms with Crippen LogP contribution in [0.4, 0.5) is 0 Å². The molecule has 1 saturated heterocycles. The van der Waals surface area contributed by atoms with Gasteiger partial charge in [0.2, 0.25) is 0 Å². The summed E-state index contributed by atoms with van der Waals surface area (Å²) in [6, 6.07) is 0. The van der Waals surface area contributed by atoms with Crippen LogP contribution < -0.4 is 0 Å². The monoisotopic (exact) mass is 178 g/mol. The maximum absolute atomic E-state index is 9.76. The van der Waals surface area contributed by atoms with Crippen molar-refractivity contribution >= 4 is 23.5 Å². The highest BCUT2D eigenvalue weighted by atomic mass is 32.2. The number of rotatable bonds is 0. The average Bonchev–Trinajstić information content (AvgIpc) is 1.78. The standard InChI is InChI=1S/C7H14OS2/c1-5-4-9-6(2)7(3,8)10-5/h5-6,8H,4H2,1-3H3. The Kier molecular flexibility index (Phi) is 2.59. The van der Waals surface area contributed by atoms with E-state index in [2.05, 4.69) is 13.8 Å². The third-order valence-electron chi connectivity index (χ3n) is 1.78. The van der Waals surface area contributed by atoms with E-state index in [9.17, 15) is 5.11 Å². The van der Waals surface area contributed by atoms with Crippen LogP contribution >= 0.6 is 23.5 Å². The summed E-state index contributed by atoms with van der Waals surface area (Å²) in [5.41, 5.74) is 0. The topological polar surface area (TPSA) is 20.2 Å². The SMILES string of the molecule is CC1CSC(C)C(C)(O)S1. The van der Waals surface area contributed by atoms with E-state index in [1.54, 1.807) is 11.8 Å². The zero-order valence-corrected chi connectivity index (χ0v) is 8.26. The lowest BCUT2D eigenvalue weighted by atomic mass is 10.3. The third kappa shape index (κ3) is 1.83. The zero-order chi connectivity index (χ0) is 7.78. The molecule has 1 aliphatic rings. The Morgan fingerprint density at radius 2 is 2.10 bits per heavy atom. The summed E-state index contributed by atoms with van der Waals surface area (Å²) in [5, 5.41) is 10.7. The molecule has 0 radical (unpaired) electrons. The van der Waals surface area contributed by atoms with Crippen molar-refractivity contribution in [2.45, 2.75) is 36.2 Å². The zero-order valence-electron chi connectivity index (χ0n) is 6.63. The molecular weight excluding hydrogens is 164 g/mol. The van der Waals surface area contributed by atoms with Gasteiger partial charge in [-0.3, -0.25) is 0 Å². The van der Waals surface area contributed by atoms with Crippen molar-refractivity contribution in [1.29, 1.82) is 0 Å². The minimum atomic E-state index is -0.512. The minimum absolute atomic E-state index is 0.369. The molecule has 3 heteroatoms. The first kappa shape index (κ1) is 8.75. The molecule has 60 valence electrons. The molecule has 1 fully saturated rings. The van der Waals surface area contributed by atoms with Crippen LogP contribution in [0.1, 0.15) is 20.8 Å². The molecule has 1 N–H and O–H groups in total. The van der Waals surface area contributed by atoms with E-state index in [4.69, 9.17) is 0 Å². The van der Waals surface area contributed by atoms with Crippen LogP contribution in [0.5, 0.6) is 0 Å². The van der Waals surface area contributed by atoms with Gasteiger partial charge in [-0.05, 0) is 13.8 Å². The molecule has 0 aromatic carbocycles. The van der Waals surface area contributed by atoms with Crippen molar-refractivity contribution in [3.8, 4) is 0 Å². The lowest BCUT2D eigenvalue weighted by molar-refractivity contribution is 0.158. The first-order valence-corrected chi connectivity index (χ1v) is 5.47. The fraction of sp³-hybridized carbons (Fsp3) is 1.00. The molecule has 1 rings (SSSR count). The van der Waals surface area contributed by atoms with Crippen molar-refractivity contribution in [2.75, 3.05) is 5.75 Å². The smallest absolute Gasteiger partial charge is 0.119 e. The normalized spacial score (nSPS) is 49.2. The highest BCUT2D eigenvalue weighted by Gasteiger charge is 2.35. The number of hydrogen-bond donors (Lipinski definition) is 1. The largest absolute Gasteiger partial charge is 0.379 e. The van der Waals surface area contributed by atoms with Crippen LogP contribution in [0.3, 0.4) is 0 Å². The van der Waals surface area contributed by atoms with Gasteiger partial charge in [-0.25, -0.2) is 0 Å². The highest BCUT2D eigenvalue weighted by molar-refractivity contribution is 8.07. The Balaban J connectivity index is 2.55. The molecule has 1 nitrogen and oxygen atoms in total. The Bertz CT molecular complexity index is 125. The maximum atomic E-state index is 9.76. The number of aliphatic hydroxyl groups is 1. The molecule has 0 aromatic heterocycles. The van der Waals surface area contributed by atoms with Crippen LogP contribution in [-0.4, -0.2) is 26.3 Å². The molecule has 3 atom stereocenters. The Morgan fingerprint density at radius 1 is 1.50 bits per heavy atom. The van der Waals surface area contributed by atoms with Gasteiger partial charge in [-0.2, -0.15) is 11.8 Å². The second kappa shape index (κ2) is 2.95. The van der Waals surface area contributed by atoms with Crippen molar-refractivity contribution in [3.05, 3.63) is 0 Å². The summed E-state index contributed by atoms with van der Waals surface area (Å²) in [5.74, 6) is 1.17. The lowest BCUT2D eigenvalue weighted by Crippen LogP contribution is -2.37. The van der Waals surface area contributed by atoms with E-state index in [0.29, 0.717) is 10.5 Å². The molecule has 0 bridgehead atoms. The van der Waals surface area contributed by atoms with Crippen LogP contribution in [0.15, 0.2) is 0 Å². The summed E-state index contributed by atoms with van der Waals surface area (Å²) in [4.78, 5) is -0.512. The molecule has 0 aromatic rings. The van der Waals surface area contributed by atoms with Gasteiger partial charge in [0.15, 0.2) is 0 Å². The number of thioether (sulfide) groups is 2. The predicted octanol–water partition coefficient (Wildman–Crippen LogP) is 1.95. The van der Waals surface area contributed by atoms with E-state index < -0.39 is 4.93 Å². The van der Waals surface area contributed by atoms with Gasteiger partial charge < -0.3 is 5.11 Å². The second-order valence-electron chi connectivity index (χ2n) is 2.96. The molecule has 0 spiro atoms. The summed E-state index contributed by atoms with van der Waals surface area (Å²) in [6.07, 6.45) is 0. The first-order valence-electron chi connectivity index (χ1n) is 3.54. The minimum Gasteiger partial charge on any atom is -0.379 e. The molecule has 0 saturated carbocycles. The van der Waals surface area contributed by atoms with Crippen molar-refractivity contribution in [3.63, 3.8) is 0 Å². The molecule has 3 unspecified atom stereocenters. The quantitative estimate of drug-likeness (QED) is 0.612. The fourth-order valence-corrected chi connectivity index (χ4v) is 3.73. The third-order valence-corrected chi connectivity index (χ3v) is 5.19. The van der Waals surface area contributed by atoms with Crippen LogP contribution in [0.2, 0.25) is 0 Å². The molecule has 0 aliphatic carbocycles. The van der Waals surface area contributed by atoms with Gasteiger partial charge in [-0.1, -0.05) is 6.92 Å². The lowest BCUT2D eigenvalue weighted by Gasteiger charge is -2.36. The molecule has 0 amide bonds. The van der Waals surface area contributed by atoms with E-state index in [1.165, 1.54) is 5.75 Å². The second-order valence-corrected chi connectivity index (χ2v) is 6.20. The van der Waals surface area contributed by atoms with Gasteiger partial charge in [0.1, 0.15) is 4.93 Å². The number of hydrogen-bond acceptors (Lipinski definition) is 3. The fourth-order valence-electron chi connectivity index (χ4n) is 0.972. The van der Waals surface area contributed by atoms with E-state index in [1.807, 2.05) is 18.7 Å². The Labute approximate surface area is 71.0 Å². The maximum Gasteiger partial charge on any atom is 0.119 e. The highest BCUT2D eigenvalue weighted by Crippen LogP contribution is 2.41. The molecule has 10 heavy (non-hydrogen) atoms. The van der Waals surface area contributed by atoms with Crippen LogP contribution in [0, 0.1) is 0 Å². The Hall–Kier alpha value is 0.660. The summed E-state index contributed by atoms with van der Waals surface area (Å²) >= 11 is 3.55. The van der Waals surface area contributed by atoms with Crippen molar-refractivity contribution in [2.24, 2.45) is 0 Å². The van der Waals surface area contributed by atoms with E-state index >= 15 is 0 Å². The first-order chi connectivity index (χ1) is 4.52. The average molecular weight is 178 g/mol. The van der Waals surface area contributed by atoms with Gasteiger partial charge >= 0.3 is 0 Å². The molecular formula is C7H14OS2. The van der Waals surface area contributed by atoms with Gasteiger partial charge in [0, 0.05) is 16.3 Å². The molecule has 1 aliphatic heterocycles. The van der Waals surface area contributed by atoms with Crippen LogP contribution in [-0.2, 0) is 0 Å². The summed E-state index contributed by atoms with van der Waals surface area (Å²) in [6.45, 7) is 6.16. The van der Waals surface area contributed by atoms with E-state index in [0.717, 1.165) is 0 Å². The summed E-state index contributed by atoms with van der Waals surface area (Å²) < 4.78 is 0. The summed E-state index contributed by atoms with van der Waals surface area (Å²) in [7, 11) is 0. The predicted molar refractivity (Wildman–Crippen MR) is 49.6 cm³/mol. The van der Waals surface area contributed by atoms with Crippen molar-refractivity contribution in [1.82, 2.24) is 0 Å².